The monoisotopic (exact) mass is 527 g/mol. The summed E-state index contributed by atoms with van der Waals surface area (Å²) in [6.07, 6.45) is 2.71. The summed E-state index contributed by atoms with van der Waals surface area (Å²) < 4.78 is 21.3. The molecule has 0 N–H and O–H groups in total. The van der Waals surface area contributed by atoms with Crippen LogP contribution in [0.25, 0.3) is 28.2 Å². The van der Waals surface area contributed by atoms with Gasteiger partial charge in [-0.05, 0) is 35.2 Å². The van der Waals surface area contributed by atoms with Gasteiger partial charge in [-0.3, -0.25) is 9.48 Å². The topological polar surface area (TPSA) is 83.6 Å². The first-order valence-electron chi connectivity index (χ1n) is 12.7. The fourth-order valence-electron chi connectivity index (χ4n) is 5.40. The molecule has 2 aliphatic heterocycles. The molecule has 0 radical (unpaired) electrons. The molecule has 1 aromatic carbocycles. The summed E-state index contributed by atoms with van der Waals surface area (Å²) in [5.74, 6) is 1.24. The average molecular weight is 527 g/mol. The number of ether oxygens (including phenoxy) is 3. The molecule has 6 rings (SSSR count). The van der Waals surface area contributed by atoms with Crippen LogP contribution in [0.1, 0.15) is 22.5 Å². The average Bonchev–Trinajstić information content (AvgIpc) is 3.69. The van der Waals surface area contributed by atoms with E-state index in [4.69, 9.17) is 19.3 Å². The van der Waals surface area contributed by atoms with Gasteiger partial charge >= 0.3 is 0 Å². The van der Waals surface area contributed by atoms with Gasteiger partial charge in [0.05, 0.1) is 36.8 Å². The largest absolute Gasteiger partial charge is 0.496 e. The number of nitrogens with zero attached hydrogens (tertiary/aromatic N) is 5. The molecule has 13 heteroatoms. The summed E-state index contributed by atoms with van der Waals surface area (Å²) in [5, 5.41) is 13.2. The van der Waals surface area contributed by atoms with E-state index >= 15 is 0 Å². The number of thiophene rings is 1. The first-order chi connectivity index (χ1) is 18.3. The number of hydrogen-bond acceptors (Lipinski definition) is 7. The number of carbonyl (C=O) groups is 1. The van der Waals surface area contributed by atoms with Gasteiger partial charge in [0.25, 0.3) is 5.91 Å². The zero-order chi connectivity index (χ0) is 26.6. The molecule has 1 unspecified atom stereocenters. The third-order valence-corrected chi connectivity index (χ3v) is 7.74. The van der Waals surface area contributed by atoms with Crippen molar-refractivity contribution >= 4 is 40.8 Å². The molecule has 1 saturated heterocycles. The first-order valence-corrected chi connectivity index (χ1v) is 13.6. The van der Waals surface area contributed by atoms with E-state index in [9.17, 15) is 4.79 Å². The van der Waals surface area contributed by atoms with Crippen molar-refractivity contribution in [1.29, 1.82) is 0 Å². The smallest absolute Gasteiger partial charge is 0.273 e. The fraction of sp³-hybridized carbons (Fsp3) is 0.320. The number of aromatic nitrogens is 4. The van der Waals surface area contributed by atoms with E-state index in [1.165, 1.54) is 0 Å². The Balaban J connectivity index is 1.55. The maximum Gasteiger partial charge on any atom is 0.273 e. The molecule has 0 spiro atoms. The molecule has 0 bridgehead atoms. The second-order valence-electron chi connectivity index (χ2n) is 10.6. The molecular weight excluding hydrogens is 499 g/mol. The molecular formula is C25H28B3N5O4S. The van der Waals surface area contributed by atoms with Crippen LogP contribution in [0, 0.1) is 0 Å². The quantitative estimate of drug-likeness (QED) is 0.343. The van der Waals surface area contributed by atoms with Gasteiger partial charge in [-0.25, -0.2) is 4.68 Å². The maximum absolute atomic E-state index is 14.2. The molecule has 0 saturated carbocycles. The number of carbonyl (C=O) groups excluding carboxylic acids is 1. The Morgan fingerprint density at radius 2 is 2.08 bits per heavy atom. The lowest BCUT2D eigenvalue weighted by Crippen LogP contribution is -2.58. The molecule has 192 valence electrons. The Hall–Kier alpha value is -3.44. The minimum absolute atomic E-state index is 0.00117. The summed E-state index contributed by atoms with van der Waals surface area (Å²) >= 11 is 1.59. The van der Waals surface area contributed by atoms with Crippen LogP contribution in [0.2, 0.25) is 0 Å². The summed E-state index contributed by atoms with van der Waals surface area (Å²) in [6, 6.07) is 7.88. The Morgan fingerprint density at radius 1 is 1.24 bits per heavy atom. The Labute approximate surface area is 227 Å². The van der Waals surface area contributed by atoms with Crippen molar-refractivity contribution in [2.45, 2.75) is 24.3 Å². The first kappa shape index (κ1) is 24.9. The van der Waals surface area contributed by atoms with Gasteiger partial charge in [0.2, 0.25) is 0 Å². The third-order valence-electron chi connectivity index (χ3n) is 7.07. The molecule has 1 amide bonds. The minimum Gasteiger partial charge on any atom is -0.496 e. The van der Waals surface area contributed by atoms with E-state index in [-0.39, 0.29) is 18.6 Å². The van der Waals surface area contributed by atoms with Crippen molar-refractivity contribution < 1.29 is 19.0 Å². The SMILES string of the molecule is BC(B)(B)N(C(=O)c1nn(-c2ccsc2)c2c1COc1cc(OC)c(-c3ccn(C)n3)cc1-2)C1CCOC1. The lowest BCUT2D eigenvalue weighted by atomic mass is 9.48. The maximum atomic E-state index is 14.2. The van der Waals surface area contributed by atoms with E-state index in [0.717, 1.165) is 40.2 Å². The van der Waals surface area contributed by atoms with Crippen LogP contribution in [-0.2, 0) is 18.4 Å². The molecule has 1 fully saturated rings. The summed E-state index contributed by atoms with van der Waals surface area (Å²) in [6.45, 7) is 1.42. The third kappa shape index (κ3) is 4.14. The zero-order valence-electron chi connectivity index (χ0n) is 22.2. The minimum atomic E-state index is -0.401. The Morgan fingerprint density at radius 3 is 2.71 bits per heavy atom. The van der Waals surface area contributed by atoms with Crippen molar-refractivity contribution in [2.24, 2.45) is 7.05 Å². The van der Waals surface area contributed by atoms with Crippen LogP contribution >= 0.6 is 11.3 Å². The predicted molar refractivity (Wildman–Crippen MR) is 154 cm³/mol. The van der Waals surface area contributed by atoms with E-state index in [0.29, 0.717) is 30.4 Å². The highest BCUT2D eigenvalue weighted by Crippen LogP contribution is 2.46. The van der Waals surface area contributed by atoms with Gasteiger partial charge in [-0.2, -0.15) is 21.5 Å². The fourth-order valence-corrected chi connectivity index (χ4v) is 6.02. The number of aryl methyl sites for hydroxylation is 1. The highest BCUT2D eigenvalue weighted by atomic mass is 32.1. The number of methoxy groups -OCH3 is 1. The lowest BCUT2D eigenvalue weighted by Gasteiger charge is -2.40. The van der Waals surface area contributed by atoms with Crippen molar-refractivity contribution in [1.82, 2.24) is 24.5 Å². The highest BCUT2D eigenvalue weighted by molar-refractivity contribution is 7.08. The molecule has 9 nitrogen and oxygen atoms in total. The number of fused-ring (bicyclic) bond motifs is 3. The van der Waals surface area contributed by atoms with Crippen LogP contribution in [0.5, 0.6) is 11.5 Å². The zero-order valence-corrected chi connectivity index (χ0v) is 23.0. The molecule has 4 aromatic rings. The van der Waals surface area contributed by atoms with E-state index in [1.54, 1.807) is 23.1 Å². The second-order valence-corrected chi connectivity index (χ2v) is 11.4. The van der Waals surface area contributed by atoms with Gasteiger partial charge in [-0.1, -0.05) is 0 Å². The van der Waals surface area contributed by atoms with E-state index in [1.807, 2.05) is 57.9 Å². The Kier molecular flexibility index (Phi) is 6.15. The highest BCUT2D eigenvalue weighted by Gasteiger charge is 2.40. The van der Waals surface area contributed by atoms with Gasteiger partial charge in [0.1, 0.15) is 41.6 Å². The van der Waals surface area contributed by atoms with Crippen LogP contribution < -0.4 is 9.47 Å². The van der Waals surface area contributed by atoms with Crippen LogP contribution in [0.15, 0.2) is 41.2 Å². The molecule has 3 aromatic heterocycles. The van der Waals surface area contributed by atoms with Gasteiger partial charge < -0.3 is 19.1 Å². The van der Waals surface area contributed by atoms with Crippen LogP contribution in [0.4, 0.5) is 0 Å². The van der Waals surface area contributed by atoms with Crippen molar-refractivity contribution in [3.8, 4) is 39.7 Å². The summed E-state index contributed by atoms with van der Waals surface area (Å²) in [5.41, 5.74) is 5.42. The van der Waals surface area contributed by atoms with Gasteiger partial charge in [-0.15, -0.1) is 0 Å². The van der Waals surface area contributed by atoms with Gasteiger partial charge in [0.15, 0.2) is 5.69 Å². The van der Waals surface area contributed by atoms with Crippen molar-refractivity contribution in [3.63, 3.8) is 0 Å². The normalized spacial score (nSPS) is 16.5. The Bertz CT molecular complexity index is 1510. The molecule has 5 heterocycles. The number of amides is 1. The van der Waals surface area contributed by atoms with Crippen LogP contribution in [0.3, 0.4) is 0 Å². The van der Waals surface area contributed by atoms with E-state index in [2.05, 4.69) is 28.6 Å². The second kappa shape index (κ2) is 9.39. The van der Waals surface area contributed by atoms with Crippen LogP contribution in [-0.4, -0.2) is 85.5 Å². The predicted octanol–water partition coefficient (Wildman–Crippen LogP) is 0.644. The molecule has 38 heavy (non-hydrogen) atoms. The summed E-state index contributed by atoms with van der Waals surface area (Å²) in [7, 11) is 9.70. The standard InChI is InChI=1S/C25H28B3N5O4S/c1-31-6-3-19(29-31)16-9-17-21(10-20(16)35-2)37-12-18-22(30-33(23(17)18)15-5-8-38-13-15)24(34)32(25(26,27)28)14-4-7-36-11-14/h3,5-6,8-10,13-14H,4,7,11-12,26-28H2,1-2H3. The molecule has 0 aliphatic carbocycles. The number of hydrogen-bond donors (Lipinski definition) is 0. The van der Waals surface area contributed by atoms with Crippen molar-refractivity contribution in [3.05, 3.63) is 52.5 Å². The molecule has 2 aliphatic rings. The number of rotatable bonds is 6. The molecule has 1 atom stereocenters. The lowest BCUT2D eigenvalue weighted by molar-refractivity contribution is 0.0636. The van der Waals surface area contributed by atoms with Gasteiger partial charge in [0, 0.05) is 48.0 Å². The van der Waals surface area contributed by atoms with E-state index < -0.39 is 5.24 Å². The summed E-state index contributed by atoms with van der Waals surface area (Å²) in [4.78, 5) is 16.2. The van der Waals surface area contributed by atoms with Crippen molar-refractivity contribution in [2.75, 3.05) is 20.3 Å². The number of benzene rings is 1.